The Morgan fingerprint density at radius 2 is 1.96 bits per heavy atom. The van der Waals surface area contributed by atoms with Crippen LogP contribution in [-0.4, -0.2) is 62.8 Å². The van der Waals surface area contributed by atoms with E-state index in [1.165, 1.54) is 26.6 Å². The van der Waals surface area contributed by atoms with E-state index in [-0.39, 0.29) is 13.2 Å². The van der Waals surface area contributed by atoms with Gasteiger partial charge in [-0.1, -0.05) is 0 Å². The molecule has 0 aromatic carbocycles. The molecule has 0 aliphatic heterocycles. The normalized spacial score (nSPS) is 15.1. The van der Waals surface area contributed by atoms with Crippen molar-refractivity contribution < 1.29 is 28.6 Å². The molecule has 2 aromatic heterocycles. The summed E-state index contributed by atoms with van der Waals surface area (Å²) >= 11 is 0. The number of nitrogens with zero attached hydrogens (tertiary/aromatic N) is 4. The highest BCUT2D eigenvalue weighted by molar-refractivity contribution is 7.55. The highest BCUT2D eigenvalue weighted by atomic mass is 31.2. The van der Waals surface area contributed by atoms with Gasteiger partial charge in [0, 0.05) is 20.0 Å². The zero-order valence-electron chi connectivity index (χ0n) is 14.1. The maximum absolute atomic E-state index is 11.0. The monoisotopic (exact) mass is 372 g/mol. The Labute approximate surface area is 144 Å². The first-order chi connectivity index (χ1) is 11.9. The minimum Gasteiger partial charge on any atom is -0.382 e. The Morgan fingerprint density at radius 3 is 2.60 bits per heavy atom. The van der Waals surface area contributed by atoms with Gasteiger partial charge in [0.2, 0.25) is 0 Å². The van der Waals surface area contributed by atoms with E-state index < -0.39 is 19.9 Å². The van der Waals surface area contributed by atoms with Crippen LogP contribution in [0.1, 0.15) is 11.9 Å². The first-order valence-corrected chi connectivity index (χ1v) is 9.06. The highest BCUT2D eigenvalue weighted by Crippen LogP contribution is 2.36. The summed E-state index contributed by atoms with van der Waals surface area (Å²) in [6.07, 6.45) is 2.95. The van der Waals surface area contributed by atoms with Crippen LogP contribution in [0.2, 0.25) is 0 Å². The molecule has 0 aliphatic rings. The smallest absolute Gasteiger partial charge is 0.348 e. The number of fused-ring (bicyclic) bond motifs is 1. The van der Waals surface area contributed by atoms with Crippen LogP contribution in [0.15, 0.2) is 24.5 Å². The summed E-state index contributed by atoms with van der Waals surface area (Å²) in [4.78, 5) is 30.6. The third kappa shape index (κ3) is 5.40. The molecule has 0 fully saturated rings. The van der Waals surface area contributed by atoms with Crippen molar-refractivity contribution in [2.75, 3.05) is 27.4 Å². The molecule has 11 heteroatoms. The molecule has 2 rings (SSSR count). The number of rotatable bonds is 9. The van der Waals surface area contributed by atoms with Gasteiger partial charge in [0.05, 0.1) is 25.2 Å². The molecule has 2 atom stereocenters. The molecule has 0 saturated carbocycles. The van der Waals surface area contributed by atoms with E-state index in [1.54, 1.807) is 10.9 Å². The largest absolute Gasteiger partial charge is 0.382 e. The molecule has 0 saturated heterocycles. The number of hydrogen-bond donors (Lipinski definition) is 2. The summed E-state index contributed by atoms with van der Waals surface area (Å²) in [5.41, 5.74) is 1.95. The molecule has 0 amide bonds. The molecule has 0 radical (unpaired) electrons. The second-order valence-electron chi connectivity index (χ2n) is 5.25. The quantitative estimate of drug-likeness (QED) is 0.619. The van der Waals surface area contributed by atoms with Gasteiger partial charge >= 0.3 is 7.60 Å². The van der Waals surface area contributed by atoms with Crippen molar-refractivity contribution in [2.24, 2.45) is 0 Å². The van der Waals surface area contributed by atoms with Crippen molar-refractivity contribution in [3.63, 3.8) is 0 Å². The fraction of sp³-hybridized carbons (Fsp3) is 0.500. The molecule has 0 bridgehead atoms. The van der Waals surface area contributed by atoms with Gasteiger partial charge in [-0.15, -0.1) is 0 Å². The van der Waals surface area contributed by atoms with Crippen LogP contribution in [-0.2, 0) is 18.8 Å². The van der Waals surface area contributed by atoms with Gasteiger partial charge in [-0.2, -0.15) is 0 Å². The van der Waals surface area contributed by atoms with Gasteiger partial charge < -0.3 is 24.0 Å². The molecule has 2 aromatic rings. The Morgan fingerprint density at radius 1 is 1.24 bits per heavy atom. The van der Waals surface area contributed by atoms with Crippen LogP contribution < -0.4 is 0 Å². The van der Waals surface area contributed by atoms with Crippen molar-refractivity contribution in [1.29, 1.82) is 0 Å². The second-order valence-corrected chi connectivity index (χ2v) is 6.73. The molecule has 10 nitrogen and oxygen atoms in total. The molecule has 25 heavy (non-hydrogen) atoms. The maximum Gasteiger partial charge on any atom is 0.348 e. The van der Waals surface area contributed by atoms with E-state index in [1.807, 2.05) is 6.92 Å². The first-order valence-electron chi connectivity index (χ1n) is 7.37. The first kappa shape index (κ1) is 19.6. The second kappa shape index (κ2) is 8.61. The SMILES string of the molecule is COC[C@@H](/C=C/P(=O)(O)O)O[C@H](COC)n1cnc2c(C)ncnc21. The number of aryl methyl sites for hydroxylation is 1. The molecule has 0 spiro atoms. The summed E-state index contributed by atoms with van der Waals surface area (Å²) in [6.45, 7) is 2.11. The van der Waals surface area contributed by atoms with E-state index in [0.717, 1.165) is 11.5 Å². The summed E-state index contributed by atoms with van der Waals surface area (Å²) in [5, 5.41) is 0. The van der Waals surface area contributed by atoms with Crippen molar-refractivity contribution in [2.45, 2.75) is 19.3 Å². The van der Waals surface area contributed by atoms with Gasteiger partial charge in [-0.3, -0.25) is 9.13 Å². The van der Waals surface area contributed by atoms with E-state index in [0.29, 0.717) is 11.2 Å². The Kier molecular flexibility index (Phi) is 6.77. The Bertz CT molecular complexity index is 774. The van der Waals surface area contributed by atoms with E-state index in [4.69, 9.17) is 24.0 Å². The zero-order chi connectivity index (χ0) is 18.4. The Hall–Kier alpha value is -1.68. The highest BCUT2D eigenvalue weighted by Gasteiger charge is 2.21. The summed E-state index contributed by atoms with van der Waals surface area (Å²) < 4.78 is 28.9. The predicted molar refractivity (Wildman–Crippen MR) is 88.9 cm³/mol. The van der Waals surface area contributed by atoms with Crippen LogP contribution in [0.4, 0.5) is 0 Å². The van der Waals surface area contributed by atoms with Gasteiger partial charge in [0.1, 0.15) is 17.9 Å². The lowest BCUT2D eigenvalue weighted by Crippen LogP contribution is -2.26. The Balaban J connectivity index is 2.30. The van der Waals surface area contributed by atoms with Crippen LogP contribution >= 0.6 is 7.60 Å². The lowest BCUT2D eigenvalue weighted by molar-refractivity contribution is -0.0881. The van der Waals surface area contributed by atoms with E-state index in [9.17, 15) is 4.57 Å². The van der Waals surface area contributed by atoms with Gasteiger partial charge in [0.25, 0.3) is 0 Å². The average molecular weight is 372 g/mol. The molecular formula is C14H21N4O6P. The van der Waals surface area contributed by atoms with Gasteiger partial charge in [-0.05, 0) is 13.0 Å². The molecule has 2 N–H and O–H groups in total. The van der Waals surface area contributed by atoms with Crippen molar-refractivity contribution in [1.82, 2.24) is 19.5 Å². The van der Waals surface area contributed by atoms with Crippen LogP contribution in [0.25, 0.3) is 11.2 Å². The molecule has 0 unspecified atom stereocenters. The van der Waals surface area contributed by atoms with Crippen LogP contribution in [0, 0.1) is 6.92 Å². The molecular weight excluding hydrogens is 351 g/mol. The van der Waals surface area contributed by atoms with E-state index in [2.05, 4.69) is 15.0 Å². The number of imidazole rings is 1. The summed E-state index contributed by atoms with van der Waals surface area (Å²) in [7, 11) is -1.31. The predicted octanol–water partition coefficient (Wildman–Crippen LogP) is 1.00. The zero-order valence-corrected chi connectivity index (χ0v) is 15.0. The number of ether oxygens (including phenoxy) is 3. The van der Waals surface area contributed by atoms with Crippen molar-refractivity contribution in [3.8, 4) is 0 Å². The third-order valence-electron chi connectivity index (χ3n) is 3.32. The number of methoxy groups -OCH3 is 2. The number of hydrogen-bond acceptors (Lipinski definition) is 7. The fourth-order valence-electron chi connectivity index (χ4n) is 2.22. The number of aromatic nitrogens is 4. The van der Waals surface area contributed by atoms with Crippen molar-refractivity contribution >= 4 is 18.8 Å². The molecule has 138 valence electrons. The van der Waals surface area contributed by atoms with Crippen LogP contribution in [0.5, 0.6) is 0 Å². The standard InChI is InChI=1S/C14H21N4O6P/c1-10-13-14(16-8-15-10)18(9-17-13)12(7-23-3)24-11(6-22-2)4-5-25(19,20)21/h4-5,8-9,11-12H,6-7H2,1-3H3,(H2,19,20,21)/b5-4+/t11-,12-/m1/s1. The van der Waals surface area contributed by atoms with E-state index >= 15 is 0 Å². The van der Waals surface area contributed by atoms with Gasteiger partial charge in [0.15, 0.2) is 11.9 Å². The van der Waals surface area contributed by atoms with Gasteiger partial charge in [-0.25, -0.2) is 15.0 Å². The minimum atomic E-state index is -4.29. The van der Waals surface area contributed by atoms with Crippen LogP contribution in [0.3, 0.4) is 0 Å². The lowest BCUT2D eigenvalue weighted by Gasteiger charge is -2.23. The molecule has 2 heterocycles. The fourth-order valence-corrected chi connectivity index (χ4v) is 2.64. The topological polar surface area (TPSA) is 129 Å². The van der Waals surface area contributed by atoms with Crippen molar-refractivity contribution in [3.05, 3.63) is 30.2 Å². The lowest BCUT2D eigenvalue weighted by atomic mass is 10.3. The summed E-state index contributed by atoms with van der Waals surface area (Å²) in [6, 6.07) is 0. The maximum atomic E-state index is 11.0. The third-order valence-corrected chi connectivity index (χ3v) is 3.88. The summed E-state index contributed by atoms with van der Waals surface area (Å²) in [5.74, 6) is 0.791. The average Bonchev–Trinajstić information content (AvgIpc) is 2.97. The minimum absolute atomic E-state index is 0.108. The molecule has 0 aliphatic carbocycles.